The number of carboxylic acids is 3. The Labute approximate surface area is 852 Å². The number of Topliss-reactive ketones (excluding diaryl/α,β-unsaturated/α-hetero) is 1. The molecule has 14 amide bonds. The van der Waals surface area contributed by atoms with Crippen molar-refractivity contribution in [1.82, 2.24) is 84.5 Å². The van der Waals surface area contributed by atoms with Crippen LogP contribution in [0.1, 0.15) is 158 Å². The molecule has 0 bridgehead atoms. The number of sulfonamides is 1. The van der Waals surface area contributed by atoms with Gasteiger partial charge in [-0.3, -0.25) is 91.5 Å². The number of rotatable bonds is 67. The number of aromatic hydroxyl groups is 1. The van der Waals surface area contributed by atoms with E-state index in [1.165, 1.54) is 83.3 Å². The number of carboxylic acid groups (broad SMARTS) is 3. The second kappa shape index (κ2) is 66.9. The number of aliphatic imine (C=N–C) groups is 2. The summed E-state index contributed by atoms with van der Waals surface area (Å²) in [5.41, 5.74) is 35.1. The highest BCUT2D eigenvalue weighted by molar-refractivity contribution is 7.89. The third-order valence-corrected chi connectivity index (χ3v) is 23.4. The molecule has 0 saturated carbocycles. The van der Waals surface area contributed by atoms with Crippen molar-refractivity contribution in [3.63, 3.8) is 0 Å². The summed E-state index contributed by atoms with van der Waals surface area (Å²) in [4.78, 5) is 243. The number of hydrogen-bond acceptors (Lipinski definition) is 32. The Morgan fingerprint density at radius 2 is 0.877 bits per heavy atom. The predicted molar refractivity (Wildman–Crippen MR) is 540 cm³/mol. The van der Waals surface area contributed by atoms with Gasteiger partial charge in [-0.1, -0.05) is 53.7 Å². The molecule has 1 unspecified atom stereocenters. The lowest BCUT2D eigenvalue weighted by Gasteiger charge is -2.29. The number of nitrogens with one attached hydrogen (secondary N) is 16. The van der Waals surface area contributed by atoms with E-state index in [1.54, 1.807) is 39.8 Å². The first-order valence-electron chi connectivity index (χ1n) is 47.1. The molecule has 814 valence electrons. The quantitative estimate of drug-likeness (QED) is 0.00824. The minimum atomic E-state index is -4.49. The third-order valence-electron chi connectivity index (χ3n) is 21.6. The van der Waals surface area contributed by atoms with E-state index < -0.39 is 240 Å². The molecular formula is C91H147N27O26S2. The summed E-state index contributed by atoms with van der Waals surface area (Å²) in [6.07, 6.45) is -0.825. The molecule has 0 aliphatic rings. The van der Waals surface area contributed by atoms with Gasteiger partial charge >= 0.3 is 17.9 Å². The summed E-state index contributed by atoms with van der Waals surface area (Å²) >= 11 is 3.84. The second-order valence-electron chi connectivity index (χ2n) is 35.6. The van der Waals surface area contributed by atoms with Crippen LogP contribution < -0.4 is 124 Å². The van der Waals surface area contributed by atoms with E-state index in [-0.39, 0.29) is 117 Å². The summed E-state index contributed by atoms with van der Waals surface area (Å²) in [6.45, 7) is 12.5. The number of ketones is 1. The lowest BCUT2D eigenvalue weighted by Crippen LogP contribution is -2.62. The number of aliphatic carboxylic acids is 3. The summed E-state index contributed by atoms with van der Waals surface area (Å²) in [6, 6.07) is -1.08. The molecule has 0 aliphatic heterocycles. The van der Waals surface area contributed by atoms with Gasteiger partial charge in [-0.2, -0.15) is 27.6 Å². The summed E-state index contributed by atoms with van der Waals surface area (Å²) in [7, 11) is 0.817. The van der Waals surface area contributed by atoms with Crippen LogP contribution in [0, 0.1) is 17.8 Å². The van der Waals surface area contributed by atoms with E-state index in [2.05, 4.69) is 117 Å². The molecule has 0 radical (unpaired) electrons. The normalized spacial score (nSPS) is 14.3. The molecule has 55 heteroatoms. The molecule has 15 atom stereocenters. The Kier molecular flexibility index (Phi) is 58.8. The van der Waals surface area contributed by atoms with Crippen LogP contribution in [0.25, 0.3) is 0 Å². The number of anilines is 1. The fourth-order valence-electron chi connectivity index (χ4n) is 13.5. The lowest BCUT2D eigenvalue weighted by atomic mass is 9.99. The first-order chi connectivity index (χ1) is 68.6. The van der Waals surface area contributed by atoms with Crippen LogP contribution in [0.3, 0.4) is 0 Å². The molecule has 0 aliphatic carbocycles. The van der Waals surface area contributed by atoms with Crippen molar-refractivity contribution in [2.24, 2.45) is 72.4 Å². The number of phenolic OH excluding ortho intramolecular Hbond substituents is 1. The van der Waals surface area contributed by atoms with Crippen LogP contribution in [0.2, 0.25) is 0 Å². The van der Waals surface area contributed by atoms with E-state index in [9.17, 15) is 120 Å². The van der Waals surface area contributed by atoms with Gasteiger partial charge in [0.2, 0.25) is 92.7 Å². The number of amides is 14. The van der Waals surface area contributed by atoms with Crippen LogP contribution in [0.5, 0.6) is 5.75 Å². The molecule has 3 rings (SSSR count). The molecule has 53 nitrogen and oxygen atoms in total. The Morgan fingerprint density at radius 3 is 1.36 bits per heavy atom. The van der Waals surface area contributed by atoms with Crippen molar-refractivity contribution in [3.8, 4) is 5.75 Å². The van der Waals surface area contributed by atoms with Gasteiger partial charge < -0.3 is 150 Å². The monoisotopic (exact) mass is 2100 g/mol. The molecule has 3 aromatic rings. The Morgan fingerprint density at radius 1 is 0.452 bits per heavy atom. The molecule has 3 aromatic carbocycles. The highest BCUT2D eigenvalue weighted by Gasteiger charge is 2.39. The summed E-state index contributed by atoms with van der Waals surface area (Å²) in [5, 5.41) is 103. The van der Waals surface area contributed by atoms with Crippen molar-refractivity contribution in [2.45, 2.75) is 254 Å². The Bertz CT molecular complexity index is 5010. The number of carbonyl (C=O) groups is 18. The van der Waals surface area contributed by atoms with E-state index >= 15 is 0 Å². The van der Waals surface area contributed by atoms with E-state index in [0.717, 1.165) is 12.6 Å². The van der Waals surface area contributed by atoms with Crippen LogP contribution in [0.15, 0.2) is 97.9 Å². The fraction of sp³-hybridized carbons (Fsp3) is 0.582. The zero-order valence-corrected chi connectivity index (χ0v) is 85.7. The number of hydrogen-bond donors (Lipinski definition) is 29. The van der Waals surface area contributed by atoms with Crippen LogP contribution in [0.4, 0.5) is 17.1 Å². The molecule has 0 heterocycles. The van der Waals surface area contributed by atoms with Crippen LogP contribution in [-0.2, 0) is 103 Å². The minimum Gasteiger partial charge on any atom is -0.508 e. The van der Waals surface area contributed by atoms with E-state index in [0.29, 0.717) is 55.6 Å². The summed E-state index contributed by atoms with van der Waals surface area (Å²) < 4.78 is 30.5. The highest BCUT2D eigenvalue weighted by atomic mass is 32.2. The third kappa shape index (κ3) is 50.6. The number of thiol groups is 1. The molecule has 0 aromatic heterocycles. The standard InChI is InChI=1S/C64H98N16O15S.C27H49N11O11S/c1-35(2)31-49(58(88)70-47(39(8)81)15-12-13-29-65)73-63(93)55(40(9)82)76-60(90)51(34-53(84)85)74-62(92)54(37(5)6)75-59(89)50(32-36(3)4)72-56(86)38(7)69-57(87)48(16-14-30-68-64(66)67)71-61(91)52(33-41-17-25-45(83)26-18-41)79-96(94,95)46-27-21-43(22-28-46)78-77-42-19-23-44(24-20-42)80(10)11;1-31-15(23(45)35-11-20(41)37-18(13-50)26(48)49)6-2-3-7-32-24(46)17(12-39)38-25(47)16(9-21(42)43)36-19(40)10-34-22(44)14(28)5-4-8-33-27(29)30/h17-28,35-38,40,47-52,54-55,79,82-83H,12-16,29-34,65H2,1-11H3,(H,69,87)(H,70,88)(H,71,91)(H,72,86)(H,73,93)(H,74,92)(H,75,89)(H,76,90)(H,84,85)(H4,66,67,68);14-18,31,39,50H,2-13,28H2,1H3,(H,32,46)(H,34,44)(H,35,45)(H,36,40)(H,37,41)(H,38,47)(H,42,43)(H,48,49)(H4,29,30,33)/t38-,40?,47-,48-,49-,50-,51-,52-,54-,55-;14-,15-,16-,17+,18-/m00/s1. The number of aliphatic hydroxyl groups is 2. The van der Waals surface area contributed by atoms with Crippen molar-refractivity contribution >= 4 is 158 Å². The maximum absolute atomic E-state index is 14.4. The van der Waals surface area contributed by atoms with Gasteiger partial charge in [0.25, 0.3) is 0 Å². The first kappa shape index (κ1) is 128. The van der Waals surface area contributed by atoms with Gasteiger partial charge in [-0.05, 0) is 202 Å². The molecule has 0 fully saturated rings. The zero-order valence-electron chi connectivity index (χ0n) is 84.0. The average Bonchev–Trinajstić information content (AvgIpc) is 0.815. The molecule has 0 spiro atoms. The Balaban J connectivity index is 0.00000121. The van der Waals surface area contributed by atoms with E-state index in [4.69, 9.17) is 39.5 Å². The van der Waals surface area contributed by atoms with Crippen molar-refractivity contribution < 1.29 is 125 Å². The fourth-order valence-corrected chi connectivity index (χ4v) is 15.0. The smallest absolute Gasteiger partial charge is 0.327 e. The molecular weight excluding hydrogens is 1950 g/mol. The number of azo groups is 1. The van der Waals surface area contributed by atoms with Gasteiger partial charge in [0, 0.05) is 45.2 Å². The van der Waals surface area contributed by atoms with Crippen LogP contribution >= 0.6 is 12.6 Å². The second-order valence-corrected chi connectivity index (χ2v) is 37.6. The number of phenols is 1. The number of aliphatic hydroxyl groups excluding tert-OH is 2. The largest absolute Gasteiger partial charge is 0.508 e. The van der Waals surface area contributed by atoms with Crippen molar-refractivity contribution in [2.75, 3.05) is 77.7 Å². The molecule has 146 heavy (non-hydrogen) atoms. The topological polar surface area (TPSA) is 864 Å². The zero-order chi connectivity index (χ0) is 110. The highest BCUT2D eigenvalue weighted by Crippen LogP contribution is 2.25. The summed E-state index contributed by atoms with van der Waals surface area (Å²) in [5.74, 6) is -19.0. The lowest BCUT2D eigenvalue weighted by molar-refractivity contribution is -0.142. The van der Waals surface area contributed by atoms with E-state index in [1.807, 2.05) is 31.1 Å². The number of carbonyl (C=O) groups excluding carboxylic acids is 15. The number of nitrogens with zero attached hydrogens (tertiary/aromatic N) is 5. The number of unbranched alkanes of at least 4 members (excludes halogenated alkanes) is 2. The number of guanidine groups is 2. The van der Waals surface area contributed by atoms with Gasteiger partial charge in [0.15, 0.2) is 17.7 Å². The van der Waals surface area contributed by atoms with Gasteiger partial charge in [0.05, 0.1) is 73.0 Å². The van der Waals surface area contributed by atoms with Crippen molar-refractivity contribution in [1.29, 1.82) is 0 Å². The molecule has 0 saturated heterocycles. The van der Waals surface area contributed by atoms with Crippen LogP contribution in [-0.4, -0.2) is 321 Å². The average molecular weight is 2100 g/mol. The number of nitrogens with two attached hydrogens (primary N) is 6. The number of benzene rings is 3. The van der Waals surface area contributed by atoms with Gasteiger partial charge in [-0.25, -0.2) is 13.2 Å². The predicted octanol–water partition coefficient (Wildman–Crippen LogP) is -5.55. The van der Waals surface area contributed by atoms with Gasteiger partial charge in [0.1, 0.15) is 72.2 Å². The minimum absolute atomic E-state index is 0.0128. The number of likely N-dealkylation sites (N-methyl/N-ethyl adjacent to an activating group) is 1. The Hall–Kier alpha value is -13.9. The maximum Gasteiger partial charge on any atom is 0.327 e. The first-order valence-corrected chi connectivity index (χ1v) is 49.2. The molecule has 34 N–H and O–H groups in total. The maximum atomic E-state index is 14.4. The van der Waals surface area contributed by atoms with Gasteiger partial charge in [-0.15, -0.1) is 0 Å². The SMILES string of the molecule is CC(=O)[C@H](CCCCN)NC(=O)[C@H](CC(C)C)NC(=O)[C@@H](NC(=O)[C@H](CC(=O)O)NC(=O)[C@@H](NC(=O)[C@H](CC(C)C)NC(=O)[C@H](C)NC(=O)[C@H](CCCN=C(N)N)NC(=O)[C@H](Cc1ccc(O)cc1)NS(=O)(=O)c1ccc(N=Nc2ccc(N(C)C)cc2)cc1)C(C)C)C(C)O.CN[C@@H](CCCCNC(=O)[C@@H](CO)NC(=O)[C@H](CC(=O)O)NC(=O)CNC(=O)[C@@H](N)CCCN=C(N)N)C(=O)NCC(=O)N[C@@H](CS)C(=O)O. The van der Waals surface area contributed by atoms with Crippen molar-refractivity contribution in [3.05, 3.63) is 78.4 Å².